The molecule has 0 fully saturated rings. The average molecular weight is 419 g/mol. The number of fused-ring (bicyclic) bond motifs is 1. The van der Waals surface area contributed by atoms with Crippen molar-refractivity contribution in [1.29, 1.82) is 0 Å². The lowest BCUT2D eigenvalue weighted by molar-refractivity contribution is 0.0820. The van der Waals surface area contributed by atoms with E-state index < -0.39 is 5.91 Å². The molecule has 0 unspecified atom stereocenters. The van der Waals surface area contributed by atoms with E-state index >= 15 is 0 Å². The summed E-state index contributed by atoms with van der Waals surface area (Å²) in [6, 6.07) is 5.30. The molecule has 5 rings (SSSR count). The standard InChI is InChI=1S/C19H17N9O3/c1-30-19-12(10-28(26-19)15-9-20-5-6-21-15)18(29)23-14-4-2-3-13(22-14)17-25-24-16-11-31-8-7-27(16)17/h2-6,9-10H,7-8,11H2,1H3,(H,22,23,29). The Bertz CT molecular complexity index is 1240. The van der Waals surface area contributed by atoms with Crippen molar-refractivity contribution >= 4 is 11.7 Å². The zero-order valence-electron chi connectivity index (χ0n) is 16.5. The molecule has 5 heterocycles. The molecule has 156 valence electrons. The summed E-state index contributed by atoms with van der Waals surface area (Å²) in [5, 5.41) is 15.4. The number of anilines is 1. The van der Waals surface area contributed by atoms with Crippen LogP contribution in [0.25, 0.3) is 17.3 Å². The zero-order valence-corrected chi connectivity index (χ0v) is 16.5. The second kappa shape index (κ2) is 7.91. The lowest BCUT2D eigenvalue weighted by Crippen LogP contribution is -2.18. The Morgan fingerprint density at radius 2 is 2.19 bits per heavy atom. The van der Waals surface area contributed by atoms with Gasteiger partial charge in [-0.2, -0.15) is 0 Å². The largest absolute Gasteiger partial charge is 0.479 e. The Hall–Kier alpha value is -4.19. The number of carbonyl (C=O) groups excluding carboxylic acids is 1. The number of carbonyl (C=O) groups is 1. The predicted octanol–water partition coefficient (Wildman–Crippen LogP) is 1.11. The van der Waals surface area contributed by atoms with E-state index in [2.05, 4.69) is 35.6 Å². The van der Waals surface area contributed by atoms with E-state index in [-0.39, 0.29) is 11.4 Å². The summed E-state index contributed by atoms with van der Waals surface area (Å²) in [4.78, 5) is 25.6. The van der Waals surface area contributed by atoms with Gasteiger partial charge in [-0.1, -0.05) is 6.07 Å². The molecule has 0 saturated heterocycles. The monoisotopic (exact) mass is 419 g/mol. The van der Waals surface area contributed by atoms with Crippen molar-refractivity contribution in [1.82, 2.24) is 39.5 Å². The lowest BCUT2D eigenvalue weighted by Gasteiger charge is -2.15. The van der Waals surface area contributed by atoms with Crippen LogP contribution in [0.2, 0.25) is 0 Å². The van der Waals surface area contributed by atoms with E-state index in [4.69, 9.17) is 9.47 Å². The third-order valence-electron chi connectivity index (χ3n) is 4.64. The Kier molecular flexibility index (Phi) is 4.80. The first-order chi connectivity index (χ1) is 15.2. The second-order valence-corrected chi connectivity index (χ2v) is 6.57. The molecule has 1 aliphatic heterocycles. The summed E-state index contributed by atoms with van der Waals surface area (Å²) < 4.78 is 14.0. The lowest BCUT2D eigenvalue weighted by atomic mass is 10.3. The highest BCUT2D eigenvalue weighted by atomic mass is 16.5. The van der Waals surface area contributed by atoms with Gasteiger partial charge in [0.15, 0.2) is 17.5 Å². The number of hydrogen-bond acceptors (Lipinski definition) is 9. The summed E-state index contributed by atoms with van der Waals surface area (Å²) in [6.07, 6.45) is 6.14. The number of aromatic nitrogens is 8. The Balaban J connectivity index is 1.41. The SMILES string of the molecule is COc1nn(-c2cnccn2)cc1C(=O)Nc1cccc(-c2nnc3n2CCOC3)n1. The summed E-state index contributed by atoms with van der Waals surface area (Å²) in [6.45, 7) is 1.65. The normalized spacial score (nSPS) is 12.9. The Morgan fingerprint density at radius 1 is 1.26 bits per heavy atom. The molecule has 1 N–H and O–H groups in total. The first-order valence-electron chi connectivity index (χ1n) is 9.41. The summed E-state index contributed by atoms with van der Waals surface area (Å²) in [5.74, 6) is 1.93. The van der Waals surface area contributed by atoms with Crippen LogP contribution in [-0.4, -0.2) is 59.1 Å². The van der Waals surface area contributed by atoms with E-state index in [0.29, 0.717) is 42.9 Å². The number of nitrogens with one attached hydrogen (secondary N) is 1. The molecule has 0 atom stereocenters. The van der Waals surface area contributed by atoms with Gasteiger partial charge in [0.2, 0.25) is 5.88 Å². The van der Waals surface area contributed by atoms with Gasteiger partial charge in [-0.15, -0.1) is 15.3 Å². The fraction of sp³-hybridized carbons (Fsp3) is 0.211. The van der Waals surface area contributed by atoms with Gasteiger partial charge >= 0.3 is 0 Å². The number of nitrogens with zero attached hydrogens (tertiary/aromatic N) is 8. The maximum atomic E-state index is 12.9. The Labute approximate surface area is 175 Å². The minimum Gasteiger partial charge on any atom is -0.479 e. The van der Waals surface area contributed by atoms with Gasteiger partial charge in [0.25, 0.3) is 5.91 Å². The minimum absolute atomic E-state index is 0.158. The molecule has 12 nitrogen and oxygen atoms in total. The van der Waals surface area contributed by atoms with E-state index in [1.54, 1.807) is 18.3 Å². The van der Waals surface area contributed by atoms with Gasteiger partial charge in [0.1, 0.15) is 23.7 Å². The van der Waals surface area contributed by atoms with Crippen LogP contribution in [0, 0.1) is 0 Å². The van der Waals surface area contributed by atoms with Crippen LogP contribution in [0.1, 0.15) is 16.2 Å². The van der Waals surface area contributed by atoms with Crippen molar-refractivity contribution < 1.29 is 14.3 Å². The smallest absolute Gasteiger partial charge is 0.263 e. The van der Waals surface area contributed by atoms with Crippen LogP contribution < -0.4 is 10.1 Å². The van der Waals surface area contributed by atoms with Crippen molar-refractivity contribution in [3.05, 3.63) is 54.4 Å². The highest BCUT2D eigenvalue weighted by Gasteiger charge is 2.21. The molecular weight excluding hydrogens is 402 g/mol. The molecule has 4 aromatic heterocycles. The van der Waals surface area contributed by atoms with Crippen molar-refractivity contribution in [3.8, 4) is 23.2 Å². The number of hydrogen-bond donors (Lipinski definition) is 1. The van der Waals surface area contributed by atoms with E-state index in [1.165, 1.54) is 30.4 Å². The molecule has 1 amide bonds. The number of methoxy groups -OCH3 is 1. The third-order valence-corrected chi connectivity index (χ3v) is 4.64. The summed E-state index contributed by atoms with van der Waals surface area (Å²) in [7, 11) is 1.44. The van der Waals surface area contributed by atoms with E-state index in [9.17, 15) is 4.79 Å². The minimum atomic E-state index is -0.423. The van der Waals surface area contributed by atoms with E-state index in [1.807, 2.05) is 10.6 Å². The maximum Gasteiger partial charge on any atom is 0.263 e. The number of rotatable bonds is 5. The van der Waals surface area contributed by atoms with Gasteiger partial charge < -0.3 is 19.4 Å². The molecule has 31 heavy (non-hydrogen) atoms. The highest BCUT2D eigenvalue weighted by molar-refractivity contribution is 6.05. The molecule has 0 radical (unpaired) electrons. The molecule has 12 heteroatoms. The van der Waals surface area contributed by atoms with Crippen LogP contribution in [-0.2, 0) is 17.9 Å². The molecule has 0 saturated carbocycles. The van der Waals surface area contributed by atoms with Gasteiger partial charge in [0, 0.05) is 25.1 Å². The first-order valence-corrected chi connectivity index (χ1v) is 9.41. The van der Waals surface area contributed by atoms with Gasteiger partial charge in [-0.05, 0) is 12.1 Å². The maximum absolute atomic E-state index is 12.9. The number of ether oxygens (including phenoxy) is 2. The first kappa shape index (κ1) is 18.8. The Morgan fingerprint density at radius 3 is 3.03 bits per heavy atom. The van der Waals surface area contributed by atoms with Crippen molar-refractivity contribution in [2.45, 2.75) is 13.2 Å². The number of amides is 1. The molecule has 1 aliphatic rings. The van der Waals surface area contributed by atoms with Gasteiger partial charge in [-0.3, -0.25) is 9.78 Å². The van der Waals surface area contributed by atoms with Crippen LogP contribution in [0.3, 0.4) is 0 Å². The van der Waals surface area contributed by atoms with Crippen LogP contribution in [0.5, 0.6) is 5.88 Å². The molecular formula is C19H17N9O3. The van der Waals surface area contributed by atoms with Crippen molar-refractivity contribution in [3.63, 3.8) is 0 Å². The van der Waals surface area contributed by atoms with Gasteiger partial charge in [0.05, 0.1) is 19.9 Å². The fourth-order valence-electron chi connectivity index (χ4n) is 3.19. The topological polar surface area (TPSA) is 135 Å². The van der Waals surface area contributed by atoms with Crippen LogP contribution in [0.4, 0.5) is 5.82 Å². The highest BCUT2D eigenvalue weighted by Crippen LogP contribution is 2.22. The van der Waals surface area contributed by atoms with Crippen LogP contribution >= 0.6 is 0 Å². The molecule has 0 bridgehead atoms. The van der Waals surface area contributed by atoms with E-state index in [0.717, 1.165) is 5.82 Å². The average Bonchev–Trinajstić information content (AvgIpc) is 3.44. The van der Waals surface area contributed by atoms with Crippen molar-refractivity contribution in [2.75, 3.05) is 19.0 Å². The zero-order chi connectivity index (χ0) is 21.2. The quantitative estimate of drug-likeness (QED) is 0.504. The molecule has 4 aromatic rings. The molecule has 0 aliphatic carbocycles. The molecule has 0 spiro atoms. The number of pyridine rings is 1. The van der Waals surface area contributed by atoms with Crippen LogP contribution in [0.15, 0.2) is 43.0 Å². The predicted molar refractivity (Wildman–Crippen MR) is 107 cm³/mol. The van der Waals surface area contributed by atoms with Crippen molar-refractivity contribution in [2.24, 2.45) is 0 Å². The third kappa shape index (κ3) is 3.59. The van der Waals surface area contributed by atoms with Gasteiger partial charge in [-0.25, -0.2) is 14.6 Å². The molecule has 0 aromatic carbocycles. The second-order valence-electron chi connectivity index (χ2n) is 6.57. The fourth-order valence-corrected chi connectivity index (χ4v) is 3.19. The summed E-state index contributed by atoms with van der Waals surface area (Å²) in [5.41, 5.74) is 0.832. The summed E-state index contributed by atoms with van der Waals surface area (Å²) >= 11 is 0.